The van der Waals surface area contributed by atoms with Crippen LogP contribution in [0.25, 0.3) is 0 Å². The average molecular weight is 218 g/mol. The molecule has 0 saturated carbocycles. The number of aryl methyl sites for hydroxylation is 2. The average Bonchev–Trinajstić information content (AvgIpc) is 2.63. The van der Waals surface area contributed by atoms with Gasteiger partial charge in [-0.3, -0.25) is 4.79 Å². The number of aliphatic carboxylic acids is 1. The first kappa shape index (κ1) is 11.2. The van der Waals surface area contributed by atoms with E-state index in [9.17, 15) is 9.90 Å². The Kier molecular flexibility index (Phi) is 2.99. The van der Waals surface area contributed by atoms with Crippen LogP contribution in [0.5, 0.6) is 0 Å². The van der Waals surface area contributed by atoms with Crippen molar-refractivity contribution in [3.05, 3.63) is 34.9 Å². The van der Waals surface area contributed by atoms with E-state index in [1.165, 1.54) is 17.5 Å². The molecule has 86 valence electrons. The maximum Gasteiger partial charge on any atom is 0.311 e. The summed E-state index contributed by atoms with van der Waals surface area (Å²) in [5, 5.41) is 9.25. The van der Waals surface area contributed by atoms with Crippen molar-refractivity contribution >= 4 is 5.97 Å². The van der Waals surface area contributed by atoms with Gasteiger partial charge in [-0.15, -0.1) is 0 Å². The van der Waals surface area contributed by atoms with Crippen LogP contribution in [0, 0.1) is 5.92 Å². The molecule has 0 amide bonds. The Morgan fingerprint density at radius 3 is 2.56 bits per heavy atom. The predicted octanol–water partition coefficient (Wildman–Crippen LogP) is 3.00. The molecule has 1 unspecified atom stereocenters. The summed E-state index contributed by atoms with van der Waals surface area (Å²) in [5.74, 6) is -0.948. The first-order chi connectivity index (χ1) is 7.59. The largest absolute Gasteiger partial charge is 0.481 e. The van der Waals surface area contributed by atoms with Gasteiger partial charge in [-0.1, -0.05) is 32.0 Å². The first-order valence-electron chi connectivity index (χ1n) is 5.94. The van der Waals surface area contributed by atoms with Gasteiger partial charge in [0.2, 0.25) is 0 Å². The van der Waals surface area contributed by atoms with E-state index in [1.807, 2.05) is 19.9 Å². The summed E-state index contributed by atoms with van der Waals surface area (Å²) in [7, 11) is 0. The summed E-state index contributed by atoms with van der Waals surface area (Å²) in [6, 6.07) is 6.19. The second-order valence-electron chi connectivity index (χ2n) is 4.94. The summed E-state index contributed by atoms with van der Waals surface area (Å²) < 4.78 is 0. The van der Waals surface area contributed by atoms with Crippen LogP contribution in [-0.2, 0) is 17.6 Å². The third kappa shape index (κ3) is 1.97. The summed E-state index contributed by atoms with van der Waals surface area (Å²) in [5.41, 5.74) is 3.71. The maximum absolute atomic E-state index is 11.2. The Morgan fingerprint density at radius 1 is 1.25 bits per heavy atom. The zero-order valence-electron chi connectivity index (χ0n) is 9.86. The minimum absolute atomic E-state index is 0.136. The smallest absolute Gasteiger partial charge is 0.311 e. The molecule has 0 spiro atoms. The summed E-state index contributed by atoms with van der Waals surface area (Å²) >= 11 is 0. The van der Waals surface area contributed by atoms with Crippen molar-refractivity contribution in [3.63, 3.8) is 0 Å². The van der Waals surface area contributed by atoms with Gasteiger partial charge >= 0.3 is 5.97 Å². The third-order valence-electron chi connectivity index (χ3n) is 3.41. The molecule has 2 nitrogen and oxygen atoms in total. The zero-order valence-corrected chi connectivity index (χ0v) is 9.86. The topological polar surface area (TPSA) is 37.3 Å². The van der Waals surface area contributed by atoms with Gasteiger partial charge in [0.25, 0.3) is 0 Å². The Labute approximate surface area is 96.3 Å². The number of benzene rings is 1. The molecule has 1 atom stereocenters. The van der Waals surface area contributed by atoms with Crippen molar-refractivity contribution in [3.8, 4) is 0 Å². The molecule has 1 aromatic carbocycles. The number of carboxylic acids is 1. The number of carbonyl (C=O) groups is 1. The molecule has 1 aliphatic rings. The van der Waals surface area contributed by atoms with E-state index in [0.29, 0.717) is 0 Å². The highest BCUT2D eigenvalue weighted by atomic mass is 16.4. The molecule has 0 aromatic heterocycles. The van der Waals surface area contributed by atoms with Crippen LogP contribution >= 0.6 is 0 Å². The molecule has 0 aliphatic heterocycles. The van der Waals surface area contributed by atoms with E-state index in [0.717, 1.165) is 18.4 Å². The van der Waals surface area contributed by atoms with Crippen LogP contribution in [0.4, 0.5) is 0 Å². The third-order valence-corrected chi connectivity index (χ3v) is 3.41. The van der Waals surface area contributed by atoms with Crippen LogP contribution in [-0.4, -0.2) is 11.1 Å². The Bertz CT molecular complexity index is 407. The SMILES string of the molecule is CC(C)C(C(=O)O)c1ccc2c(c1)CCC2. The maximum atomic E-state index is 11.2. The molecule has 0 heterocycles. The molecule has 0 fully saturated rings. The van der Waals surface area contributed by atoms with Crippen molar-refractivity contribution in [2.45, 2.75) is 39.0 Å². The molecule has 1 N–H and O–H groups in total. The van der Waals surface area contributed by atoms with Crippen LogP contribution in [0.15, 0.2) is 18.2 Å². The number of fused-ring (bicyclic) bond motifs is 1. The van der Waals surface area contributed by atoms with Gasteiger partial charge in [0.05, 0.1) is 5.92 Å². The molecule has 0 radical (unpaired) electrons. The van der Waals surface area contributed by atoms with Crippen molar-refractivity contribution < 1.29 is 9.90 Å². The van der Waals surface area contributed by atoms with Crippen LogP contribution in [0.3, 0.4) is 0 Å². The summed E-state index contributed by atoms with van der Waals surface area (Å²) in [4.78, 5) is 11.2. The number of hydrogen-bond acceptors (Lipinski definition) is 1. The van der Waals surface area contributed by atoms with Gasteiger partial charge in [-0.05, 0) is 41.9 Å². The number of rotatable bonds is 3. The quantitative estimate of drug-likeness (QED) is 0.846. The molecular weight excluding hydrogens is 200 g/mol. The normalized spacial score (nSPS) is 16.2. The second-order valence-corrected chi connectivity index (χ2v) is 4.94. The minimum atomic E-state index is -0.715. The van der Waals surface area contributed by atoms with E-state index in [4.69, 9.17) is 0 Å². The zero-order chi connectivity index (χ0) is 11.7. The summed E-state index contributed by atoms with van der Waals surface area (Å²) in [6.07, 6.45) is 3.46. The Balaban J connectivity index is 2.35. The fourth-order valence-corrected chi connectivity index (χ4v) is 2.60. The fourth-order valence-electron chi connectivity index (χ4n) is 2.60. The standard InChI is InChI=1S/C14H18O2/c1-9(2)13(14(15)16)12-7-6-10-4-3-5-11(10)8-12/h6-9,13H,3-5H2,1-2H3,(H,15,16). The van der Waals surface area contributed by atoms with E-state index < -0.39 is 5.97 Å². The lowest BCUT2D eigenvalue weighted by Gasteiger charge is -2.17. The highest BCUT2D eigenvalue weighted by molar-refractivity contribution is 5.76. The van der Waals surface area contributed by atoms with E-state index in [2.05, 4.69) is 12.1 Å². The monoisotopic (exact) mass is 218 g/mol. The first-order valence-corrected chi connectivity index (χ1v) is 5.94. The van der Waals surface area contributed by atoms with Crippen molar-refractivity contribution in [1.29, 1.82) is 0 Å². The summed E-state index contributed by atoms with van der Waals surface area (Å²) in [6.45, 7) is 3.93. The number of hydrogen-bond donors (Lipinski definition) is 1. The molecule has 1 aliphatic carbocycles. The Hall–Kier alpha value is -1.31. The van der Waals surface area contributed by atoms with Gasteiger partial charge in [-0.25, -0.2) is 0 Å². The molecule has 16 heavy (non-hydrogen) atoms. The Morgan fingerprint density at radius 2 is 1.94 bits per heavy atom. The van der Waals surface area contributed by atoms with Crippen LogP contribution < -0.4 is 0 Å². The van der Waals surface area contributed by atoms with Crippen LogP contribution in [0.2, 0.25) is 0 Å². The van der Waals surface area contributed by atoms with E-state index in [-0.39, 0.29) is 11.8 Å². The molecular formula is C14H18O2. The molecule has 2 heteroatoms. The van der Waals surface area contributed by atoms with Crippen molar-refractivity contribution in [1.82, 2.24) is 0 Å². The van der Waals surface area contributed by atoms with Gasteiger partial charge in [0.15, 0.2) is 0 Å². The number of carboxylic acid groups (broad SMARTS) is 1. The second kappa shape index (κ2) is 4.28. The van der Waals surface area contributed by atoms with Gasteiger partial charge in [-0.2, -0.15) is 0 Å². The molecule has 2 rings (SSSR count). The van der Waals surface area contributed by atoms with Gasteiger partial charge in [0, 0.05) is 0 Å². The minimum Gasteiger partial charge on any atom is -0.481 e. The van der Waals surface area contributed by atoms with Gasteiger partial charge < -0.3 is 5.11 Å². The predicted molar refractivity (Wildman–Crippen MR) is 63.7 cm³/mol. The van der Waals surface area contributed by atoms with Crippen LogP contribution in [0.1, 0.15) is 42.9 Å². The lowest BCUT2D eigenvalue weighted by Crippen LogP contribution is -2.17. The molecule has 0 saturated heterocycles. The highest BCUT2D eigenvalue weighted by Gasteiger charge is 2.24. The van der Waals surface area contributed by atoms with Crippen molar-refractivity contribution in [2.75, 3.05) is 0 Å². The lowest BCUT2D eigenvalue weighted by atomic mass is 9.87. The van der Waals surface area contributed by atoms with E-state index >= 15 is 0 Å². The lowest BCUT2D eigenvalue weighted by molar-refractivity contribution is -0.139. The van der Waals surface area contributed by atoms with E-state index in [1.54, 1.807) is 0 Å². The molecule has 0 bridgehead atoms. The fraction of sp³-hybridized carbons (Fsp3) is 0.500. The van der Waals surface area contributed by atoms with Crippen molar-refractivity contribution in [2.24, 2.45) is 5.92 Å². The molecule has 1 aromatic rings. The van der Waals surface area contributed by atoms with Gasteiger partial charge in [0.1, 0.15) is 0 Å². The highest BCUT2D eigenvalue weighted by Crippen LogP contribution is 2.29.